The van der Waals surface area contributed by atoms with Crippen molar-refractivity contribution in [1.82, 2.24) is 5.32 Å². The van der Waals surface area contributed by atoms with Gasteiger partial charge in [0.1, 0.15) is 0 Å². The number of amides is 1. The zero-order valence-electron chi connectivity index (χ0n) is 11.1. The minimum Gasteiger partial charge on any atom is -0.346 e. The summed E-state index contributed by atoms with van der Waals surface area (Å²) in [6.07, 6.45) is 5.23. The second kappa shape index (κ2) is 9.28. The lowest BCUT2D eigenvalue weighted by molar-refractivity contribution is -0.121. The minimum atomic E-state index is -0.505. The van der Waals surface area contributed by atoms with Gasteiger partial charge >= 0.3 is 0 Å². The summed E-state index contributed by atoms with van der Waals surface area (Å²) < 4.78 is 0. The van der Waals surface area contributed by atoms with Gasteiger partial charge in [-0.2, -0.15) is 0 Å². The molecule has 0 aliphatic heterocycles. The molecule has 1 radical (unpaired) electrons. The van der Waals surface area contributed by atoms with Crippen LogP contribution in [0, 0.1) is 0 Å². The van der Waals surface area contributed by atoms with E-state index in [1.807, 2.05) is 36.6 Å². The van der Waals surface area contributed by atoms with Crippen molar-refractivity contribution < 1.29 is 9.59 Å². The van der Waals surface area contributed by atoms with Crippen LogP contribution in [0.4, 0.5) is 0 Å². The molecule has 0 saturated carbocycles. The van der Waals surface area contributed by atoms with E-state index in [1.165, 1.54) is 0 Å². The van der Waals surface area contributed by atoms with Gasteiger partial charge in [0.25, 0.3) is 0 Å². The Hall–Kier alpha value is -1.68. The van der Waals surface area contributed by atoms with Crippen LogP contribution in [0.5, 0.6) is 0 Å². The van der Waals surface area contributed by atoms with Crippen LogP contribution in [0.1, 0.15) is 31.2 Å². The maximum atomic E-state index is 11.7. The maximum absolute atomic E-state index is 11.7. The molecule has 1 aromatic carbocycles. The smallest absolute Gasteiger partial charge is 0.222 e. The van der Waals surface area contributed by atoms with Gasteiger partial charge in [-0.3, -0.25) is 9.59 Å². The molecular formula is C15H21N2O2. The molecule has 0 unspecified atom stereocenters. The summed E-state index contributed by atoms with van der Waals surface area (Å²) in [6.45, 7) is 0.605. The first-order valence-corrected chi connectivity index (χ1v) is 6.67. The van der Waals surface area contributed by atoms with Crippen LogP contribution in [0.15, 0.2) is 30.3 Å². The fourth-order valence-electron chi connectivity index (χ4n) is 1.82. The molecule has 19 heavy (non-hydrogen) atoms. The van der Waals surface area contributed by atoms with Crippen LogP contribution in [0.2, 0.25) is 0 Å². The third-order valence-corrected chi connectivity index (χ3v) is 2.91. The van der Waals surface area contributed by atoms with Crippen LogP contribution in [-0.4, -0.2) is 24.8 Å². The number of nitrogens with two attached hydrogens (primary N) is 1. The quantitative estimate of drug-likeness (QED) is 0.659. The Morgan fingerprint density at radius 2 is 2.00 bits per heavy atom. The summed E-state index contributed by atoms with van der Waals surface area (Å²) in [7, 11) is 0. The highest BCUT2D eigenvalue weighted by atomic mass is 16.2. The second-order valence-electron chi connectivity index (χ2n) is 4.51. The number of nitrogens with one attached hydrogen (secondary N) is 1. The molecule has 1 amide bonds. The molecule has 0 heterocycles. The van der Waals surface area contributed by atoms with Crippen molar-refractivity contribution in [3.05, 3.63) is 35.9 Å². The molecule has 3 N–H and O–H groups in total. The number of carbonyl (C=O) groups excluding carboxylic acids is 2. The van der Waals surface area contributed by atoms with Gasteiger partial charge in [0.2, 0.25) is 12.2 Å². The first-order chi connectivity index (χ1) is 9.26. The monoisotopic (exact) mass is 261 g/mol. The van der Waals surface area contributed by atoms with Gasteiger partial charge in [-0.25, -0.2) is 0 Å². The first kappa shape index (κ1) is 15.4. The van der Waals surface area contributed by atoms with Gasteiger partial charge in [-0.05, 0) is 37.8 Å². The van der Waals surface area contributed by atoms with Crippen LogP contribution >= 0.6 is 0 Å². The molecule has 1 aromatic rings. The Morgan fingerprint density at radius 1 is 1.26 bits per heavy atom. The van der Waals surface area contributed by atoms with Gasteiger partial charge in [0.05, 0.1) is 6.04 Å². The van der Waals surface area contributed by atoms with Gasteiger partial charge in [-0.1, -0.05) is 30.3 Å². The molecule has 4 nitrogen and oxygen atoms in total. The lowest BCUT2D eigenvalue weighted by Crippen LogP contribution is -2.36. The molecule has 1 rings (SSSR count). The standard InChI is InChI=1S/C15H21N2O2/c16-11-5-4-8-14(12-18)17-15(19)10-9-13-6-2-1-3-7-13/h1-3,6-7,14H,4-5,8-11,16H2,(H,17,19)/t14-/m0/s1. The number of carbonyl (C=O) groups is 1. The number of benzene rings is 1. The lowest BCUT2D eigenvalue weighted by atomic mass is 10.1. The Morgan fingerprint density at radius 3 is 2.63 bits per heavy atom. The van der Waals surface area contributed by atoms with Crippen LogP contribution in [-0.2, 0) is 16.0 Å². The summed E-state index contributed by atoms with van der Waals surface area (Å²) in [4.78, 5) is 22.4. The highest BCUT2D eigenvalue weighted by Crippen LogP contribution is 2.03. The van der Waals surface area contributed by atoms with Crippen molar-refractivity contribution >= 4 is 12.2 Å². The summed E-state index contributed by atoms with van der Waals surface area (Å²) in [5.41, 5.74) is 6.50. The molecule has 103 valence electrons. The molecule has 0 saturated heterocycles. The fraction of sp³-hybridized carbons (Fsp3) is 0.467. The highest BCUT2D eigenvalue weighted by molar-refractivity contribution is 5.79. The average Bonchev–Trinajstić information content (AvgIpc) is 2.45. The summed E-state index contributed by atoms with van der Waals surface area (Å²) in [5, 5.41) is 2.69. The van der Waals surface area contributed by atoms with Crippen molar-refractivity contribution in [2.24, 2.45) is 5.73 Å². The summed E-state index contributed by atoms with van der Waals surface area (Å²) in [5.74, 6) is -0.107. The average molecular weight is 261 g/mol. The van der Waals surface area contributed by atoms with E-state index in [1.54, 1.807) is 0 Å². The van der Waals surface area contributed by atoms with Crippen molar-refractivity contribution in [3.63, 3.8) is 0 Å². The molecule has 0 fully saturated rings. The number of aryl methyl sites for hydroxylation is 1. The van der Waals surface area contributed by atoms with E-state index < -0.39 is 6.04 Å². The fourth-order valence-corrected chi connectivity index (χ4v) is 1.82. The highest BCUT2D eigenvalue weighted by Gasteiger charge is 2.11. The van der Waals surface area contributed by atoms with E-state index in [9.17, 15) is 9.59 Å². The Bertz CT molecular complexity index is 379. The lowest BCUT2D eigenvalue weighted by Gasteiger charge is -2.11. The summed E-state index contributed by atoms with van der Waals surface area (Å²) in [6, 6.07) is 9.30. The van der Waals surface area contributed by atoms with Crippen molar-refractivity contribution in [1.29, 1.82) is 0 Å². The third-order valence-electron chi connectivity index (χ3n) is 2.91. The third kappa shape index (κ3) is 6.72. The van der Waals surface area contributed by atoms with Gasteiger partial charge in [0, 0.05) is 6.42 Å². The van der Waals surface area contributed by atoms with E-state index in [-0.39, 0.29) is 5.91 Å². The molecule has 0 aromatic heterocycles. The predicted molar refractivity (Wildman–Crippen MR) is 75.3 cm³/mol. The van der Waals surface area contributed by atoms with Crippen molar-refractivity contribution in [2.45, 2.75) is 38.1 Å². The number of hydrogen-bond acceptors (Lipinski definition) is 3. The zero-order chi connectivity index (χ0) is 13.9. The van der Waals surface area contributed by atoms with Crippen LogP contribution in [0.25, 0.3) is 0 Å². The van der Waals surface area contributed by atoms with E-state index in [0.717, 1.165) is 18.4 Å². The van der Waals surface area contributed by atoms with Crippen LogP contribution in [0.3, 0.4) is 0 Å². The number of unbranched alkanes of at least 4 members (excludes halogenated alkanes) is 1. The van der Waals surface area contributed by atoms with E-state index in [4.69, 9.17) is 5.73 Å². The second-order valence-corrected chi connectivity index (χ2v) is 4.51. The van der Waals surface area contributed by atoms with E-state index in [0.29, 0.717) is 25.8 Å². The summed E-state index contributed by atoms with van der Waals surface area (Å²) >= 11 is 0. The van der Waals surface area contributed by atoms with Crippen molar-refractivity contribution in [3.8, 4) is 0 Å². The van der Waals surface area contributed by atoms with E-state index >= 15 is 0 Å². The van der Waals surface area contributed by atoms with Gasteiger partial charge in [-0.15, -0.1) is 0 Å². The minimum absolute atomic E-state index is 0.107. The van der Waals surface area contributed by atoms with E-state index in [2.05, 4.69) is 5.32 Å². The molecule has 1 atom stereocenters. The molecule has 0 aliphatic rings. The van der Waals surface area contributed by atoms with Gasteiger partial charge < -0.3 is 11.1 Å². The molecule has 4 heteroatoms. The Kier molecular flexibility index (Phi) is 7.51. The largest absolute Gasteiger partial charge is 0.346 e. The Labute approximate surface area is 114 Å². The number of rotatable bonds is 9. The predicted octanol–water partition coefficient (Wildman–Crippen LogP) is 1.34. The normalized spacial score (nSPS) is 11.8. The topological polar surface area (TPSA) is 72.2 Å². The molecule has 0 aliphatic carbocycles. The Balaban J connectivity index is 2.27. The molecule has 0 spiro atoms. The number of hydrogen-bond donors (Lipinski definition) is 2. The van der Waals surface area contributed by atoms with Gasteiger partial charge in [0.15, 0.2) is 0 Å². The SMILES string of the molecule is NCCCC[C@@H]([C]=O)NC(=O)CCc1ccccc1. The molecular weight excluding hydrogens is 240 g/mol. The van der Waals surface area contributed by atoms with Crippen molar-refractivity contribution in [2.75, 3.05) is 6.54 Å². The zero-order valence-corrected chi connectivity index (χ0v) is 11.1. The van der Waals surface area contributed by atoms with Crippen LogP contribution < -0.4 is 11.1 Å². The molecule has 0 bridgehead atoms. The maximum Gasteiger partial charge on any atom is 0.222 e. The first-order valence-electron chi connectivity index (χ1n) is 6.67.